The monoisotopic (exact) mass is 405 g/mol. The van der Waals surface area contributed by atoms with Gasteiger partial charge in [0, 0.05) is 24.8 Å². The van der Waals surface area contributed by atoms with Gasteiger partial charge in [-0.15, -0.1) is 5.10 Å². The Morgan fingerprint density at radius 1 is 1.18 bits per heavy atom. The summed E-state index contributed by atoms with van der Waals surface area (Å²) < 4.78 is 26.4. The first-order valence-corrected chi connectivity index (χ1v) is 9.88. The van der Waals surface area contributed by atoms with Gasteiger partial charge in [0.2, 0.25) is 0 Å². The number of hydrogen-bond donors (Lipinski definition) is 2. The van der Waals surface area contributed by atoms with Crippen molar-refractivity contribution in [2.45, 2.75) is 17.9 Å². The summed E-state index contributed by atoms with van der Waals surface area (Å²) in [5, 5.41) is 6.94. The van der Waals surface area contributed by atoms with Crippen molar-refractivity contribution in [2.24, 2.45) is 0 Å². The van der Waals surface area contributed by atoms with Gasteiger partial charge in [0.05, 0.1) is 12.0 Å². The van der Waals surface area contributed by atoms with Crippen LogP contribution in [0.1, 0.15) is 16.8 Å². The first-order valence-electron chi connectivity index (χ1n) is 8.39. The van der Waals surface area contributed by atoms with E-state index in [4.69, 9.17) is 0 Å². The van der Waals surface area contributed by atoms with Crippen LogP contribution in [0.2, 0.25) is 0 Å². The summed E-state index contributed by atoms with van der Waals surface area (Å²) in [6, 6.07) is 10.7. The van der Waals surface area contributed by atoms with Gasteiger partial charge in [-0.2, -0.15) is 0 Å². The van der Waals surface area contributed by atoms with Gasteiger partial charge in [0.1, 0.15) is 0 Å². The number of carbonyl (C=O) groups is 1. The standard InChI is InChI=1S/C17H19N5O5S/c1-27-20-28(25,26)14-8-6-13(7-9-14)16(23)18-10-4-12-22-17(24)21-11-3-2-5-15(21)19-22/h2-3,5-9,11,20H,4,10,12H2,1H3,(H,18,23). The van der Waals surface area contributed by atoms with E-state index in [1.165, 1.54) is 40.5 Å². The van der Waals surface area contributed by atoms with Crippen LogP contribution in [0.4, 0.5) is 0 Å². The molecule has 11 heteroatoms. The molecule has 2 heterocycles. The minimum absolute atomic E-state index is 0.0166. The number of carbonyl (C=O) groups excluding carboxylic acids is 1. The topological polar surface area (TPSA) is 124 Å². The summed E-state index contributed by atoms with van der Waals surface area (Å²) in [4.78, 5) is 30.6. The molecular weight excluding hydrogens is 386 g/mol. The van der Waals surface area contributed by atoms with E-state index in [9.17, 15) is 18.0 Å². The average molecular weight is 405 g/mol. The van der Waals surface area contributed by atoms with Crippen molar-refractivity contribution in [3.05, 3.63) is 64.7 Å². The van der Waals surface area contributed by atoms with Crippen molar-refractivity contribution in [1.82, 2.24) is 24.4 Å². The molecule has 0 saturated heterocycles. The molecule has 0 unspecified atom stereocenters. The maximum atomic E-state index is 12.2. The van der Waals surface area contributed by atoms with Crippen molar-refractivity contribution < 1.29 is 18.0 Å². The Morgan fingerprint density at radius 2 is 1.93 bits per heavy atom. The van der Waals surface area contributed by atoms with E-state index in [1.54, 1.807) is 24.4 Å². The Kier molecular flexibility index (Phi) is 5.87. The molecule has 0 atom stereocenters. The van der Waals surface area contributed by atoms with Crippen LogP contribution >= 0.6 is 0 Å². The predicted octanol–water partition coefficient (Wildman–Crippen LogP) is 0.156. The van der Waals surface area contributed by atoms with Gasteiger partial charge in [-0.3, -0.25) is 14.0 Å². The van der Waals surface area contributed by atoms with Crippen molar-refractivity contribution >= 4 is 21.6 Å². The number of sulfonamides is 1. The largest absolute Gasteiger partial charge is 0.352 e. The van der Waals surface area contributed by atoms with Crippen LogP contribution in [0.5, 0.6) is 0 Å². The second-order valence-corrected chi connectivity index (χ2v) is 7.50. The van der Waals surface area contributed by atoms with Gasteiger partial charge in [0.25, 0.3) is 15.9 Å². The number of nitrogens with zero attached hydrogens (tertiary/aromatic N) is 3. The molecule has 148 valence electrons. The summed E-state index contributed by atoms with van der Waals surface area (Å²) in [5.74, 6) is -0.342. The van der Waals surface area contributed by atoms with Gasteiger partial charge < -0.3 is 5.32 Å². The third-order valence-corrected chi connectivity index (χ3v) is 5.22. The second kappa shape index (κ2) is 8.33. The molecule has 10 nitrogen and oxygen atoms in total. The van der Waals surface area contributed by atoms with Crippen molar-refractivity contribution in [1.29, 1.82) is 0 Å². The van der Waals surface area contributed by atoms with E-state index in [-0.39, 0.29) is 16.5 Å². The van der Waals surface area contributed by atoms with Crippen molar-refractivity contribution in [3.63, 3.8) is 0 Å². The SMILES string of the molecule is CONS(=O)(=O)c1ccc(C(=O)NCCCn2nc3ccccn3c2=O)cc1. The van der Waals surface area contributed by atoms with Crippen LogP contribution in [-0.4, -0.2) is 42.2 Å². The number of benzene rings is 1. The number of amides is 1. The molecule has 3 rings (SSSR count). The Hall–Kier alpha value is -3.02. The fourth-order valence-electron chi connectivity index (χ4n) is 2.59. The number of nitrogens with one attached hydrogen (secondary N) is 2. The van der Waals surface area contributed by atoms with Gasteiger partial charge >= 0.3 is 5.69 Å². The number of pyridine rings is 1. The highest BCUT2D eigenvalue weighted by atomic mass is 32.2. The van der Waals surface area contributed by atoms with Crippen LogP contribution in [0.3, 0.4) is 0 Å². The minimum Gasteiger partial charge on any atom is -0.352 e. The normalized spacial score (nSPS) is 11.6. The molecule has 0 radical (unpaired) electrons. The number of fused-ring (bicyclic) bond motifs is 1. The quantitative estimate of drug-likeness (QED) is 0.406. The Balaban J connectivity index is 1.54. The number of hydrogen-bond acceptors (Lipinski definition) is 6. The lowest BCUT2D eigenvalue weighted by atomic mass is 10.2. The van der Waals surface area contributed by atoms with Gasteiger partial charge in [0.15, 0.2) is 5.65 Å². The Morgan fingerprint density at radius 3 is 2.61 bits per heavy atom. The molecule has 0 bridgehead atoms. The smallest absolute Gasteiger partial charge is 0.350 e. The summed E-state index contributed by atoms with van der Waals surface area (Å²) in [5.41, 5.74) is 0.652. The molecule has 1 aromatic carbocycles. The highest BCUT2D eigenvalue weighted by Crippen LogP contribution is 2.10. The maximum absolute atomic E-state index is 12.2. The maximum Gasteiger partial charge on any atom is 0.350 e. The lowest BCUT2D eigenvalue weighted by Gasteiger charge is -2.07. The van der Waals surface area contributed by atoms with Gasteiger partial charge in [-0.1, -0.05) is 11.0 Å². The average Bonchev–Trinajstić information content (AvgIpc) is 3.01. The molecule has 0 aliphatic rings. The van der Waals surface area contributed by atoms with E-state index in [1.807, 2.05) is 4.89 Å². The summed E-state index contributed by atoms with van der Waals surface area (Å²) >= 11 is 0. The van der Waals surface area contributed by atoms with Gasteiger partial charge in [-0.05, 0) is 42.8 Å². The number of aryl methyl sites for hydroxylation is 1. The van der Waals surface area contributed by atoms with Crippen LogP contribution in [0.25, 0.3) is 5.65 Å². The van der Waals surface area contributed by atoms with Crippen molar-refractivity contribution in [2.75, 3.05) is 13.7 Å². The lowest BCUT2D eigenvalue weighted by Crippen LogP contribution is -2.27. The van der Waals surface area contributed by atoms with E-state index >= 15 is 0 Å². The highest BCUT2D eigenvalue weighted by molar-refractivity contribution is 7.89. The van der Waals surface area contributed by atoms with Crippen molar-refractivity contribution in [3.8, 4) is 0 Å². The summed E-state index contributed by atoms with van der Waals surface area (Å²) in [6.45, 7) is 0.699. The molecule has 28 heavy (non-hydrogen) atoms. The van der Waals surface area contributed by atoms with Crippen LogP contribution in [-0.2, 0) is 21.4 Å². The summed E-state index contributed by atoms with van der Waals surface area (Å²) in [7, 11) is -2.57. The molecular formula is C17H19N5O5S. The third kappa shape index (κ3) is 4.27. The molecule has 0 spiro atoms. The lowest BCUT2D eigenvalue weighted by molar-refractivity contribution is 0.0952. The number of rotatable bonds is 8. The van der Waals surface area contributed by atoms with E-state index in [0.29, 0.717) is 30.7 Å². The zero-order valence-electron chi connectivity index (χ0n) is 15.0. The fraction of sp³-hybridized carbons (Fsp3) is 0.235. The van der Waals surface area contributed by atoms with E-state index in [2.05, 4.69) is 15.3 Å². The first-order chi connectivity index (χ1) is 13.4. The van der Waals surface area contributed by atoms with E-state index < -0.39 is 10.0 Å². The Labute approximate surface area is 160 Å². The van der Waals surface area contributed by atoms with Gasteiger partial charge in [-0.25, -0.2) is 17.9 Å². The highest BCUT2D eigenvalue weighted by Gasteiger charge is 2.14. The molecule has 2 N–H and O–H groups in total. The predicted molar refractivity (Wildman–Crippen MR) is 100 cm³/mol. The molecule has 2 aromatic heterocycles. The molecule has 3 aromatic rings. The van der Waals surface area contributed by atoms with Crippen LogP contribution in [0.15, 0.2) is 58.4 Å². The minimum atomic E-state index is -3.76. The third-order valence-electron chi connectivity index (χ3n) is 3.94. The second-order valence-electron chi connectivity index (χ2n) is 5.86. The summed E-state index contributed by atoms with van der Waals surface area (Å²) in [6.07, 6.45) is 2.16. The molecule has 0 fully saturated rings. The molecule has 0 aliphatic heterocycles. The Bertz CT molecular complexity index is 1130. The zero-order valence-corrected chi connectivity index (χ0v) is 15.8. The molecule has 0 aliphatic carbocycles. The van der Waals surface area contributed by atoms with Crippen LogP contribution in [0, 0.1) is 0 Å². The number of aromatic nitrogens is 3. The molecule has 0 saturated carbocycles. The first kappa shape index (κ1) is 19.7. The van der Waals surface area contributed by atoms with E-state index in [0.717, 1.165) is 0 Å². The fourth-order valence-corrected chi connectivity index (χ4v) is 3.40. The zero-order chi connectivity index (χ0) is 20.1. The molecule has 1 amide bonds. The van der Waals surface area contributed by atoms with Crippen LogP contribution < -0.4 is 15.9 Å².